The average molecular weight is 337 g/mol. The molecule has 1 aliphatic rings. The van der Waals surface area contributed by atoms with Crippen LogP contribution in [0, 0.1) is 0 Å². The monoisotopic (exact) mass is 337 g/mol. The second-order valence-corrected chi connectivity index (χ2v) is 6.13. The first kappa shape index (κ1) is 17.2. The third-order valence-corrected chi connectivity index (χ3v) is 4.08. The molecule has 0 saturated carbocycles. The molecule has 0 unspecified atom stereocenters. The van der Waals surface area contributed by atoms with Crippen molar-refractivity contribution in [2.24, 2.45) is 0 Å². The van der Waals surface area contributed by atoms with Gasteiger partial charge in [-0.1, -0.05) is 30.3 Å². The van der Waals surface area contributed by atoms with E-state index >= 15 is 0 Å². The smallest absolute Gasteiger partial charge is 0.271 e. The predicted molar refractivity (Wildman–Crippen MR) is 98.8 cm³/mol. The fourth-order valence-corrected chi connectivity index (χ4v) is 2.78. The maximum Gasteiger partial charge on any atom is 0.271 e. The third kappa shape index (κ3) is 4.06. The van der Waals surface area contributed by atoms with Gasteiger partial charge in [-0.05, 0) is 30.7 Å². The normalized spacial score (nSPS) is 16.8. The Kier molecular flexibility index (Phi) is 5.46. The molecular formula is C20H23N3O2. The van der Waals surface area contributed by atoms with Crippen molar-refractivity contribution in [3.8, 4) is 5.75 Å². The van der Waals surface area contributed by atoms with Crippen LogP contribution in [0.2, 0.25) is 0 Å². The van der Waals surface area contributed by atoms with E-state index in [2.05, 4.69) is 22.4 Å². The van der Waals surface area contributed by atoms with Crippen molar-refractivity contribution in [1.82, 2.24) is 15.2 Å². The highest BCUT2D eigenvalue weighted by atomic mass is 16.5. The van der Waals surface area contributed by atoms with Gasteiger partial charge >= 0.3 is 0 Å². The molecule has 1 aliphatic heterocycles. The Morgan fingerprint density at radius 2 is 2.00 bits per heavy atom. The summed E-state index contributed by atoms with van der Waals surface area (Å²) < 4.78 is 5.92. The lowest BCUT2D eigenvalue weighted by atomic mass is 9.97. The number of pyridine rings is 1. The summed E-state index contributed by atoms with van der Waals surface area (Å²) in [5, 5.41) is 3.36. The van der Waals surface area contributed by atoms with Crippen molar-refractivity contribution >= 4 is 11.5 Å². The molecule has 3 rings (SSSR count). The zero-order valence-electron chi connectivity index (χ0n) is 14.7. The number of aromatic nitrogens is 1. The molecule has 2 heterocycles. The molecule has 0 spiro atoms. The molecule has 25 heavy (non-hydrogen) atoms. The SMILES string of the molecule is CN(C)C(=O)c1ccc(/C2=C/CCNCCOc3ccccc32)cn1. The number of hydrogen-bond donors (Lipinski definition) is 1. The summed E-state index contributed by atoms with van der Waals surface area (Å²) in [7, 11) is 3.45. The fourth-order valence-electron chi connectivity index (χ4n) is 2.78. The number of rotatable bonds is 2. The van der Waals surface area contributed by atoms with Gasteiger partial charge in [0.25, 0.3) is 5.91 Å². The average Bonchev–Trinajstić information content (AvgIpc) is 2.65. The number of para-hydroxylation sites is 1. The van der Waals surface area contributed by atoms with Gasteiger partial charge in [-0.3, -0.25) is 9.78 Å². The molecule has 0 atom stereocenters. The van der Waals surface area contributed by atoms with E-state index in [4.69, 9.17) is 4.74 Å². The Balaban J connectivity index is 1.98. The van der Waals surface area contributed by atoms with E-state index in [-0.39, 0.29) is 5.91 Å². The molecule has 0 radical (unpaired) electrons. The predicted octanol–water partition coefficient (Wildman–Crippen LogP) is 2.59. The second kappa shape index (κ2) is 7.94. The molecule has 1 N–H and O–H groups in total. The standard InChI is InChI=1S/C20H23N3O2/c1-23(2)20(24)18-10-9-15(14-22-18)16-7-5-11-21-12-13-25-19-8-4-3-6-17(16)19/h3-4,6-10,14,21H,5,11-13H2,1-2H3/b16-7-. The van der Waals surface area contributed by atoms with Crippen LogP contribution in [0.15, 0.2) is 48.7 Å². The lowest BCUT2D eigenvalue weighted by Gasteiger charge is -2.17. The Labute approximate surface area is 148 Å². The minimum absolute atomic E-state index is 0.0978. The van der Waals surface area contributed by atoms with Gasteiger partial charge < -0.3 is 15.0 Å². The number of carbonyl (C=O) groups excluding carboxylic acids is 1. The lowest BCUT2D eigenvalue weighted by Crippen LogP contribution is -2.23. The molecule has 1 aromatic carbocycles. The number of benzene rings is 1. The molecular weight excluding hydrogens is 314 g/mol. The van der Waals surface area contributed by atoms with E-state index in [0.29, 0.717) is 12.3 Å². The summed E-state index contributed by atoms with van der Waals surface area (Å²) in [5.41, 5.74) is 3.56. The quantitative estimate of drug-likeness (QED) is 0.915. The van der Waals surface area contributed by atoms with Crippen molar-refractivity contribution in [3.63, 3.8) is 0 Å². The zero-order chi connectivity index (χ0) is 17.6. The highest BCUT2D eigenvalue weighted by molar-refractivity contribution is 5.92. The summed E-state index contributed by atoms with van der Waals surface area (Å²) in [5.74, 6) is 0.769. The molecule has 0 bridgehead atoms. The molecule has 0 saturated heterocycles. The highest BCUT2D eigenvalue weighted by Gasteiger charge is 2.14. The summed E-state index contributed by atoms with van der Waals surface area (Å²) in [4.78, 5) is 17.9. The van der Waals surface area contributed by atoms with E-state index in [9.17, 15) is 4.79 Å². The van der Waals surface area contributed by atoms with Gasteiger partial charge in [0.05, 0.1) is 0 Å². The highest BCUT2D eigenvalue weighted by Crippen LogP contribution is 2.31. The number of amides is 1. The Morgan fingerprint density at radius 3 is 2.76 bits per heavy atom. The molecule has 2 aromatic rings. The molecule has 0 fully saturated rings. The third-order valence-electron chi connectivity index (χ3n) is 4.08. The Bertz CT molecular complexity index is 767. The Morgan fingerprint density at radius 1 is 1.16 bits per heavy atom. The van der Waals surface area contributed by atoms with Crippen molar-refractivity contribution < 1.29 is 9.53 Å². The minimum Gasteiger partial charge on any atom is -0.492 e. The summed E-state index contributed by atoms with van der Waals surface area (Å²) in [6, 6.07) is 11.8. The fraction of sp³-hybridized carbons (Fsp3) is 0.300. The number of hydrogen-bond acceptors (Lipinski definition) is 4. The van der Waals surface area contributed by atoms with Crippen LogP contribution in [0.25, 0.3) is 5.57 Å². The number of nitrogens with one attached hydrogen (secondary N) is 1. The van der Waals surface area contributed by atoms with Gasteiger partial charge in [0.15, 0.2) is 0 Å². The van der Waals surface area contributed by atoms with Crippen LogP contribution >= 0.6 is 0 Å². The molecule has 0 aliphatic carbocycles. The zero-order valence-corrected chi connectivity index (χ0v) is 14.7. The van der Waals surface area contributed by atoms with Crippen molar-refractivity contribution in [2.45, 2.75) is 6.42 Å². The first-order valence-corrected chi connectivity index (χ1v) is 8.48. The van der Waals surface area contributed by atoms with Gasteiger partial charge in [-0.2, -0.15) is 0 Å². The topological polar surface area (TPSA) is 54.5 Å². The van der Waals surface area contributed by atoms with Gasteiger partial charge in [0.2, 0.25) is 0 Å². The molecule has 1 amide bonds. The van der Waals surface area contributed by atoms with Gasteiger partial charge in [0, 0.05) is 38.0 Å². The first-order valence-electron chi connectivity index (χ1n) is 8.48. The second-order valence-electron chi connectivity index (χ2n) is 6.13. The first-order chi connectivity index (χ1) is 12.2. The van der Waals surface area contributed by atoms with Crippen LogP contribution in [-0.2, 0) is 0 Å². The van der Waals surface area contributed by atoms with Crippen LogP contribution < -0.4 is 10.1 Å². The van der Waals surface area contributed by atoms with Crippen LogP contribution in [0.4, 0.5) is 0 Å². The van der Waals surface area contributed by atoms with E-state index < -0.39 is 0 Å². The maximum atomic E-state index is 12.0. The van der Waals surface area contributed by atoms with Crippen molar-refractivity contribution in [3.05, 3.63) is 65.5 Å². The molecule has 1 aromatic heterocycles. The van der Waals surface area contributed by atoms with Crippen LogP contribution in [0.1, 0.15) is 28.0 Å². The van der Waals surface area contributed by atoms with Gasteiger partial charge in [-0.25, -0.2) is 0 Å². The lowest BCUT2D eigenvalue weighted by molar-refractivity contribution is 0.0822. The number of nitrogens with zero attached hydrogens (tertiary/aromatic N) is 2. The maximum absolute atomic E-state index is 12.0. The largest absolute Gasteiger partial charge is 0.492 e. The van der Waals surface area contributed by atoms with E-state index in [0.717, 1.165) is 42.0 Å². The van der Waals surface area contributed by atoms with Crippen LogP contribution in [-0.4, -0.2) is 49.6 Å². The van der Waals surface area contributed by atoms with Gasteiger partial charge in [-0.15, -0.1) is 0 Å². The minimum atomic E-state index is -0.0978. The number of carbonyl (C=O) groups is 1. The van der Waals surface area contributed by atoms with E-state index in [1.54, 1.807) is 26.4 Å². The molecule has 5 nitrogen and oxygen atoms in total. The summed E-state index contributed by atoms with van der Waals surface area (Å²) >= 11 is 0. The molecule has 130 valence electrons. The van der Waals surface area contributed by atoms with E-state index in [1.807, 2.05) is 24.3 Å². The van der Waals surface area contributed by atoms with Crippen LogP contribution in [0.5, 0.6) is 5.75 Å². The van der Waals surface area contributed by atoms with E-state index in [1.165, 1.54) is 4.90 Å². The van der Waals surface area contributed by atoms with Crippen molar-refractivity contribution in [1.29, 1.82) is 0 Å². The Hall–Kier alpha value is -2.66. The van der Waals surface area contributed by atoms with Gasteiger partial charge in [0.1, 0.15) is 18.1 Å². The summed E-state index contributed by atoms with van der Waals surface area (Å²) in [6.45, 7) is 2.37. The molecule has 5 heteroatoms. The van der Waals surface area contributed by atoms with Crippen LogP contribution in [0.3, 0.4) is 0 Å². The number of ether oxygens (including phenoxy) is 1. The number of fused-ring (bicyclic) bond motifs is 1. The van der Waals surface area contributed by atoms with Crippen molar-refractivity contribution in [2.75, 3.05) is 33.8 Å². The summed E-state index contributed by atoms with van der Waals surface area (Å²) in [6.07, 6.45) is 4.88.